The minimum absolute atomic E-state index is 0.0884. The number of piperidine rings is 1. The van der Waals surface area contributed by atoms with Gasteiger partial charge in [0.1, 0.15) is 5.82 Å². The number of allylic oxidation sites excluding steroid dienone is 2. The molecule has 0 radical (unpaired) electrons. The third-order valence-corrected chi connectivity index (χ3v) is 6.50. The van der Waals surface area contributed by atoms with Gasteiger partial charge in [0, 0.05) is 38.8 Å². The van der Waals surface area contributed by atoms with Crippen molar-refractivity contribution in [3.05, 3.63) is 63.9 Å². The Morgan fingerprint density at radius 2 is 2.00 bits per heavy atom. The van der Waals surface area contributed by atoms with Gasteiger partial charge in [0.05, 0.1) is 16.8 Å². The fourth-order valence-electron chi connectivity index (χ4n) is 4.35. The second-order valence-electron chi connectivity index (χ2n) is 9.30. The maximum atomic E-state index is 14.8. The van der Waals surface area contributed by atoms with E-state index in [-0.39, 0.29) is 22.7 Å². The lowest BCUT2D eigenvalue weighted by molar-refractivity contribution is 0.0959. The minimum Gasteiger partial charge on any atom is -0.355 e. The van der Waals surface area contributed by atoms with Crippen molar-refractivity contribution in [1.29, 1.82) is 0 Å². The summed E-state index contributed by atoms with van der Waals surface area (Å²) in [6.45, 7) is 3.32. The van der Waals surface area contributed by atoms with Gasteiger partial charge in [-0.2, -0.15) is 0 Å². The number of carbonyl (C=O) groups is 1. The molecule has 0 bridgehead atoms. The summed E-state index contributed by atoms with van der Waals surface area (Å²) in [7, 11) is 3.11. The average Bonchev–Trinajstić information content (AvgIpc) is 2.81. The van der Waals surface area contributed by atoms with Crippen molar-refractivity contribution in [3.63, 3.8) is 0 Å². The van der Waals surface area contributed by atoms with Gasteiger partial charge in [-0.15, -0.1) is 0 Å². The molecule has 1 aliphatic carbocycles. The van der Waals surface area contributed by atoms with Crippen LogP contribution < -0.4 is 27.2 Å². The second-order valence-corrected chi connectivity index (χ2v) is 9.30. The first-order valence-electron chi connectivity index (χ1n) is 11.4. The highest BCUT2D eigenvalue weighted by Crippen LogP contribution is 2.32. The average molecular weight is 467 g/mol. The maximum absolute atomic E-state index is 14.8. The van der Waals surface area contributed by atoms with Gasteiger partial charge < -0.3 is 21.7 Å². The van der Waals surface area contributed by atoms with E-state index in [1.54, 1.807) is 13.1 Å². The van der Waals surface area contributed by atoms with E-state index in [0.717, 1.165) is 18.4 Å². The standard InChI is InChI=1S/C25H31FN6O2/c1-25(28)10-6-15(7-11-25)21-20(16-4-5-18(19(26)14-16)22(33)29-2)23(34)31(3)24(30-21)32-12-8-17(27)9-13-32/h4-7,10,14,17H,8-9,11-13,27-28H2,1-3H3,(H,29,33). The highest BCUT2D eigenvalue weighted by atomic mass is 19.1. The highest BCUT2D eigenvalue weighted by Gasteiger charge is 2.26. The molecular formula is C25H31FN6O2. The van der Waals surface area contributed by atoms with Crippen molar-refractivity contribution in [1.82, 2.24) is 14.9 Å². The van der Waals surface area contributed by atoms with Crippen molar-refractivity contribution in [2.45, 2.75) is 37.8 Å². The van der Waals surface area contributed by atoms with Crippen LogP contribution in [0.15, 0.2) is 41.2 Å². The zero-order chi connectivity index (χ0) is 24.6. The largest absolute Gasteiger partial charge is 0.355 e. The summed E-state index contributed by atoms with van der Waals surface area (Å²) in [5.74, 6) is -0.691. The monoisotopic (exact) mass is 466 g/mol. The lowest BCUT2D eigenvalue weighted by Crippen LogP contribution is -2.42. The fraction of sp³-hybridized carbons (Fsp3) is 0.400. The second kappa shape index (κ2) is 9.15. The van der Waals surface area contributed by atoms with E-state index in [0.29, 0.717) is 36.7 Å². The van der Waals surface area contributed by atoms with Crippen LogP contribution in [0.3, 0.4) is 0 Å². The molecule has 1 aromatic heterocycles. The minimum atomic E-state index is -0.707. The number of hydrogen-bond donors (Lipinski definition) is 3. The maximum Gasteiger partial charge on any atom is 0.263 e. The summed E-state index contributed by atoms with van der Waals surface area (Å²) in [4.78, 5) is 32.6. The first-order valence-corrected chi connectivity index (χ1v) is 11.4. The zero-order valence-corrected chi connectivity index (χ0v) is 19.8. The smallest absolute Gasteiger partial charge is 0.263 e. The third-order valence-electron chi connectivity index (χ3n) is 6.50. The van der Waals surface area contributed by atoms with Gasteiger partial charge in [0.2, 0.25) is 5.95 Å². The summed E-state index contributed by atoms with van der Waals surface area (Å²) >= 11 is 0. The molecule has 4 rings (SSSR count). The molecule has 2 aliphatic rings. The van der Waals surface area contributed by atoms with E-state index >= 15 is 0 Å². The van der Waals surface area contributed by atoms with Crippen molar-refractivity contribution in [3.8, 4) is 11.1 Å². The van der Waals surface area contributed by atoms with Gasteiger partial charge in [-0.3, -0.25) is 14.2 Å². The molecule has 180 valence electrons. The molecule has 1 aromatic carbocycles. The van der Waals surface area contributed by atoms with E-state index < -0.39 is 17.3 Å². The number of benzene rings is 1. The number of anilines is 1. The van der Waals surface area contributed by atoms with Crippen LogP contribution in [0, 0.1) is 5.82 Å². The van der Waals surface area contributed by atoms with Crippen molar-refractivity contribution in [2.75, 3.05) is 25.0 Å². The third kappa shape index (κ3) is 4.53. The molecule has 1 amide bonds. The summed E-state index contributed by atoms with van der Waals surface area (Å²) in [5, 5.41) is 2.42. The van der Waals surface area contributed by atoms with Crippen molar-refractivity contribution in [2.24, 2.45) is 18.5 Å². The summed E-state index contributed by atoms with van der Waals surface area (Å²) < 4.78 is 16.3. The van der Waals surface area contributed by atoms with Gasteiger partial charge in [0.15, 0.2) is 0 Å². The summed E-state index contributed by atoms with van der Waals surface area (Å²) in [6, 6.07) is 4.32. The predicted octanol–water partition coefficient (Wildman–Crippen LogP) is 1.93. The van der Waals surface area contributed by atoms with Gasteiger partial charge in [-0.05, 0) is 49.5 Å². The topological polar surface area (TPSA) is 119 Å². The molecule has 2 heterocycles. The van der Waals surface area contributed by atoms with Crippen molar-refractivity contribution < 1.29 is 9.18 Å². The van der Waals surface area contributed by atoms with Crippen LogP contribution in [-0.4, -0.2) is 47.2 Å². The normalized spacial score (nSPS) is 20.9. The molecule has 0 saturated carbocycles. The molecule has 9 heteroatoms. The predicted molar refractivity (Wildman–Crippen MR) is 132 cm³/mol. The van der Waals surface area contributed by atoms with Crippen LogP contribution in [0.5, 0.6) is 0 Å². The number of hydrogen-bond acceptors (Lipinski definition) is 6. The highest BCUT2D eigenvalue weighted by molar-refractivity contribution is 5.95. The Morgan fingerprint density at radius 1 is 1.29 bits per heavy atom. The summed E-state index contributed by atoms with van der Waals surface area (Å²) in [6.07, 6.45) is 7.91. The Balaban J connectivity index is 1.89. The van der Waals surface area contributed by atoms with E-state index in [9.17, 15) is 14.0 Å². The van der Waals surface area contributed by atoms with E-state index in [2.05, 4.69) is 10.2 Å². The lowest BCUT2D eigenvalue weighted by atomic mass is 9.88. The molecule has 8 nitrogen and oxygen atoms in total. The Kier molecular flexibility index (Phi) is 6.42. The van der Waals surface area contributed by atoms with Gasteiger partial charge in [0.25, 0.3) is 11.5 Å². The molecule has 34 heavy (non-hydrogen) atoms. The number of halogens is 1. The van der Waals surface area contributed by atoms with Crippen LogP contribution >= 0.6 is 0 Å². The quantitative estimate of drug-likeness (QED) is 0.634. The van der Waals surface area contributed by atoms with E-state index in [1.165, 1.54) is 23.7 Å². The fourth-order valence-corrected chi connectivity index (χ4v) is 4.35. The van der Waals surface area contributed by atoms with Crippen LogP contribution in [0.2, 0.25) is 0 Å². The molecular weight excluding hydrogens is 435 g/mol. The van der Waals surface area contributed by atoms with Crippen LogP contribution in [0.25, 0.3) is 16.7 Å². The lowest BCUT2D eigenvalue weighted by Gasteiger charge is -2.32. The number of nitrogens with two attached hydrogens (primary N) is 2. The van der Waals surface area contributed by atoms with Crippen LogP contribution in [0.4, 0.5) is 10.3 Å². The van der Waals surface area contributed by atoms with E-state index in [4.69, 9.17) is 16.5 Å². The molecule has 1 atom stereocenters. The molecule has 2 aromatic rings. The van der Waals surface area contributed by atoms with Crippen LogP contribution in [0.1, 0.15) is 42.2 Å². The van der Waals surface area contributed by atoms with Crippen LogP contribution in [-0.2, 0) is 7.05 Å². The van der Waals surface area contributed by atoms with Gasteiger partial charge >= 0.3 is 0 Å². The Bertz CT molecular complexity index is 1240. The Morgan fingerprint density at radius 3 is 2.59 bits per heavy atom. The number of amides is 1. The zero-order valence-electron chi connectivity index (χ0n) is 19.8. The number of rotatable bonds is 4. The van der Waals surface area contributed by atoms with E-state index in [1.807, 2.05) is 25.2 Å². The first-order chi connectivity index (χ1) is 16.1. The van der Waals surface area contributed by atoms with Gasteiger partial charge in [-0.1, -0.05) is 24.3 Å². The Labute approximate surface area is 198 Å². The molecule has 1 aliphatic heterocycles. The number of carbonyl (C=O) groups excluding carboxylic acids is 1. The molecule has 1 unspecified atom stereocenters. The molecule has 1 saturated heterocycles. The first kappa shape index (κ1) is 23.8. The summed E-state index contributed by atoms with van der Waals surface area (Å²) in [5.41, 5.74) is 13.3. The van der Waals surface area contributed by atoms with Crippen molar-refractivity contribution >= 4 is 17.4 Å². The molecule has 0 spiro atoms. The molecule has 5 N–H and O–H groups in total. The Hall–Kier alpha value is -3.30. The SMILES string of the molecule is CNC(=O)c1ccc(-c2c(C3=CCC(C)(N)C=C3)nc(N3CCC(N)CC3)n(C)c2=O)cc1F. The molecule has 1 fully saturated rings. The van der Waals surface area contributed by atoms with Gasteiger partial charge in [-0.25, -0.2) is 9.37 Å². The number of nitrogens with zero attached hydrogens (tertiary/aromatic N) is 3. The number of aromatic nitrogens is 2. The number of nitrogens with one attached hydrogen (secondary N) is 1.